The molecule has 0 radical (unpaired) electrons. The van der Waals surface area contributed by atoms with E-state index >= 15 is 0 Å². The summed E-state index contributed by atoms with van der Waals surface area (Å²) in [7, 11) is 0. The zero-order valence-corrected chi connectivity index (χ0v) is 12.9. The fourth-order valence-electron chi connectivity index (χ4n) is 2.32. The number of nitrogens with zero attached hydrogens (tertiary/aromatic N) is 2. The number of fused-ring (bicyclic) bond motifs is 1. The van der Waals surface area contributed by atoms with Crippen molar-refractivity contribution in [3.8, 4) is 0 Å². The highest BCUT2D eigenvalue weighted by atomic mass is 16.1. The molecule has 110 valence electrons. The maximum absolute atomic E-state index is 12.1. The van der Waals surface area contributed by atoms with Crippen molar-refractivity contribution in [2.45, 2.75) is 53.1 Å². The van der Waals surface area contributed by atoms with Crippen molar-refractivity contribution >= 4 is 12.2 Å². The van der Waals surface area contributed by atoms with Gasteiger partial charge in [0.2, 0.25) is 5.91 Å². The average molecular weight is 276 g/mol. The van der Waals surface area contributed by atoms with E-state index in [-0.39, 0.29) is 17.5 Å². The van der Waals surface area contributed by atoms with E-state index in [1.54, 1.807) is 6.34 Å². The molecule has 0 saturated carbocycles. The van der Waals surface area contributed by atoms with Crippen LogP contribution in [0.25, 0.3) is 0 Å². The van der Waals surface area contributed by atoms with Crippen molar-refractivity contribution < 1.29 is 4.79 Å². The van der Waals surface area contributed by atoms with Crippen LogP contribution in [0, 0.1) is 5.41 Å². The molecular formula is C15H24N4O. The van der Waals surface area contributed by atoms with Gasteiger partial charge in [0.1, 0.15) is 6.34 Å². The second-order valence-electron chi connectivity index (χ2n) is 6.79. The number of hydrogen-bond donors (Lipinski definition) is 2. The molecule has 20 heavy (non-hydrogen) atoms. The molecule has 0 aliphatic carbocycles. The van der Waals surface area contributed by atoms with Crippen LogP contribution >= 0.6 is 0 Å². The van der Waals surface area contributed by atoms with Crippen molar-refractivity contribution in [2.75, 3.05) is 5.43 Å². The average Bonchev–Trinajstić information content (AvgIpc) is 2.71. The smallest absolute Gasteiger partial charge is 0.222 e. The lowest BCUT2D eigenvalue weighted by Gasteiger charge is -2.25. The largest absolute Gasteiger partial charge is 0.329 e. The first kappa shape index (κ1) is 14.6. The monoisotopic (exact) mass is 276 g/mol. The minimum Gasteiger partial charge on any atom is -0.329 e. The van der Waals surface area contributed by atoms with Gasteiger partial charge in [-0.25, -0.2) is 4.99 Å². The van der Waals surface area contributed by atoms with E-state index < -0.39 is 0 Å². The van der Waals surface area contributed by atoms with Crippen LogP contribution in [-0.2, 0) is 4.79 Å². The number of carbonyl (C=O) groups excluding carboxylic acids is 1. The molecule has 1 aliphatic rings. The molecule has 1 aromatic heterocycles. The van der Waals surface area contributed by atoms with Crippen LogP contribution in [0.2, 0.25) is 0 Å². The van der Waals surface area contributed by atoms with Gasteiger partial charge in [0.15, 0.2) is 6.17 Å². The summed E-state index contributed by atoms with van der Waals surface area (Å²) < 4.78 is 2.00. The summed E-state index contributed by atoms with van der Waals surface area (Å²) in [6.07, 6.45) is 1.82. The molecule has 1 aliphatic heterocycles. The highest BCUT2D eigenvalue weighted by molar-refractivity contribution is 5.77. The van der Waals surface area contributed by atoms with E-state index in [1.165, 1.54) is 5.69 Å². The van der Waals surface area contributed by atoms with Crippen LogP contribution in [0.1, 0.15) is 64.5 Å². The van der Waals surface area contributed by atoms with Crippen molar-refractivity contribution in [1.82, 2.24) is 9.99 Å². The summed E-state index contributed by atoms with van der Waals surface area (Å²) in [6.45, 7) is 10.4. The first-order valence-corrected chi connectivity index (χ1v) is 7.07. The molecule has 0 saturated heterocycles. The lowest BCUT2D eigenvalue weighted by atomic mass is 9.92. The van der Waals surface area contributed by atoms with E-state index in [4.69, 9.17) is 0 Å². The standard InChI is InChI=1S/C15H24N4O/c1-10(2)11-6-7-12-14(16-9-17-19(11)12)18-13(20)8-15(3,4)5/h6-7,9-10,14H,8H2,1-5H3,(H,16,17)(H,18,20). The zero-order chi connectivity index (χ0) is 14.9. The van der Waals surface area contributed by atoms with Crippen LogP contribution in [0.4, 0.5) is 0 Å². The second kappa shape index (κ2) is 5.31. The summed E-state index contributed by atoms with van der Waals surface area (Å²) in [6, 6.07) is 4.09. The van der Waals surface area contributed by atoms with E-state index in [0.717, 1.165) is 5.69 Å². The van der Waals surface area contributed by atoms with Crippen molar-refractivity contribution in [3.63, 3.8) is 0 Å². The van der Waals surface area contributed by atoms with Gasteiger partial charge in [-0.1, -0.05) is 34.6 Å². The van der Waals surface area contributed by atoms with Gasteiger partial charge in [0.25, 0.3) is 0 Å². The number of hydrogen-bond acceptors (Lipinski definition) is 3. The Balaban J connectivity index is 2.14. The molecule has 2 N–H and O–H groups in total. The Hall–Kier alpha value is -1.78. The van der Waals surface area contributed by atoms with Gasteiger partial charge in [-0.05, 0) is 23.5 Å². The third kappa shape index (κ3) is 3.21. The summed E-state index contributed by atoms with van der Waals surface area (Å²) in [5.74, 6) is 0.439. The molecule has 5 heteroatoms. The molecule has 0 bridgehead atoms. The third-order valence-corrected chi connectivity index (χ3v) is 3.21. The maximum Gasteiger partial charge on any atom is 0.222 e. The van der Waals surface area contributed by atoms with Crippen LogP contribution in [-0.4, -0.2) is 16.9 Å². The van der Waals surface area contributed by atoms with Gasteiger partial charge in [0, 0.05) is 12.1 Å². The predicted octanol–water partition coefficient (Wildman–Crippen LogP) is 2.75. The Kier molecular flexibility index (Phi) is 3.88. The SMILES string of the molecule is CC(C)c1ccc2n1NC=NC2NC(=O)CC(C)(C)C. The summed E-state index contributed by atoms with van der Waals surface area (Å²) in [4.78, 5) is 16.4. The van der Waals surface area contributed by atoms with E-state index in [2.05, 4.69) is 56.4 Å². The molecule has 0 spiro atoms. The van der Waals surface area contributed by atoms with Gasteiger partial charge < -0.3 is 5.32 Å². The number of rotatable bonds is 3. The summed E-state index contributed by atoms with van der Waals surface area (Å²) in [5, 5.41) is 2.99. The van der Waals surface area contributed by atoms with E-state index in [1.807, 2.05) is 10.7 Å². The number of nitrogens with one attached hydrogen (secondary N) is 2. The molecular weight excluding hydrogens is 252 g/mol. The molecule has 1 aromatic rings. The van der Waals surface area contributed by atoms with E-state index in [9.17, 15) is 4.79 Å². The Bertz CT molecular complexity index is 522. The minimum absolute atomic E-state index is 0.0220. The molecule has 1 atom stereocenters. The van der Waals surface area contributed by atoms with Gasteiger partial charge >= 0.3 is 0 Å². The fourth-order valence-corrected chi connectivity index (χ4v) is 2.32. The first-order chi connectivity index (χ1) is 9.28. The van der Waals surface area contributed by atoms with Crippen molar-refractivity contribution in [3.05, 3.63) is 23.5 Å². The lowest BCUT2D eigenvalue weighted by molar-refractivity contribution is -0.123. The van der Waals surface area contributed by atoms with Gasteiger partial charge in [-0.3, -0.25) is 14.9 Å². The molecule has 0 fully saturated rings. The van der Waals surface area contributed by atoms with Crippen molar-refractivity contribution in [2.24, 2.45) is 10.4 Å². The fraction of sp³-hybridized carbons (Fsp3) is 0.600. The molecule has 2 heterocycles. The minimum atomic E-state index is -0.307. The molecule has 2 rings (SSSR count). The van der Waals surface area contributed by atoms with Crippen LogP contribution in [0.15, 0.2) is 17.1 Å². The van der Waals surface area contributed by atoms with E-state index in [0.29, 0.717) is 12.3 Å². The Morgan fingerprint density at radius 2 is 2.15 bits per heavy atom. The van der Waals surface area contributed by atoms with Gasteiger partial charge in [-0.15, -0.1) is 0 Å². The highest BCUT2D eigenvalue weighted by Crippen LogP contribution is 2.25. The van der Waals surface area contributed by atoms with Crippen LogP contribution in [0.3, 0.4) is 0 Å². The summed E-state index contributed by atoms with van der Waals surface area (Å²) >= 11 is 0. The molecule has 5 nitrogen and oxygen atoms in total. The van der Waals surface area contributed by atoms with Crippen molar-refractivity contribution in [1.29, 1.82) is 0 Å². The summed E-state index contributed by atoms with van der Waals surface area (Å²) in [5.41, 5.74) is 5.25. The molecule has 1 unspecified atom stereocenters. The van der Waals surface area contributed by atoms with Crippen LogP contribution < -0.4 is 10.7 Å². The Morgan fingerprint density at radius 1 is 1.45 bits per heavy atom. The first-order valence-electron chi connectivity index (χ1n) is 7.07. The Morgan fingerprint density at radius 3 is 2.75 bits per heavy atom. The Labute approximate surface area is 120 Å². The predicted molar refractivity (Wildman–Crippen MR) is 81.3 cm³/mol. The lowest BCUT2D eigenvalue weighted by Crippen LogP contribution is -2.35. The normalized spacial score (nSPS) is 17.8. The molecule has 0 aromatic carbocycles. The number of aromatic nitrogens is 1. The second-order valence-corrected chi connectivity index (χ2v) is 6.79. The number of amides is 1. The molecule has 1 amide bonds. The topological polar surface area (TPSA) is 58.4 Å². The highest BCUT2D eigenvalue weighted by Gasteiger charge is 2.24. The third-order valence-electron chi connectivity index (χ3n) is 3.21. The zero-order valence-electron chi connectivity index (χ0n) is 12.9. The maximum atomic E-state index is 12.1. The van der Waals surface area contributed by atoms with Gasteiger partial charge in [-0.2, -0.15) is 0 Å². The van der Waals surface area contributed by atoms with Gasteiger partial charge in [0.05, 0.1) is 5.69 Å². The number of aliphatic imine (C=N–C) groups is 1. The van der Waals surface area contributed by atoms with Crippen LogP contribution in [0.5, 0.6) is 0 Å². The number of carbonyl (C=O) groups is 1. The quantitative estimate of drug-likeness (QED) is 0.892.